The van der Waals surface area contributed by atoms with Gasteiger partial charge in [0.25, 0.3) is 0 Å². The van der Waals surface area contributed by atoms with Crippen LogP contribution < -0.4 is 0 Å². The van der Waals surface area contributed by atoms with Gasteiger partial charge in [-0.2, -0.15) is 0 Å². The molecule has 0 spiro atoms. The Balaban J connectivity index is 2.04. The molecule has 1 saturated heterocycles. The predicted octanol–water partition coefficient (Wildman–Crippen LogP) is 3.51. The number of carbonyl (C=O) groups is 1. The maximum atomic E-state index is 12.1. The third-order valence-electron chi connectivity index (χ3n) is 5.20. The predicted molar refractivity (Wildman–Crippen MR) is 101 cm³/mol. The maximum absolute atomic E-state index is 12.1. The van der Waals surface area contributed by atoms with Gasteiger partial charge in [-0.3, -0.25) is 4.79 Å². The Kier molecular flexibility index (Phi) is 6.83. The minimum atomic E-state index is -1.09. The van der Waals surface area contributed by atoms with Gasteiger partial charge in [0.15, 0.2) is 5.78 Å². The first-order valence-corrected chi connectivity index (χ1v) is 9.42. The van der Waals surface area contributed by atoms with Crippen LogP contribution in [0.1, 0.15) is 66.2 Å². The van der Waals surface area contributed by atoms with Crippen molar-refractivity contribution in [3.63, 3.8) is 0 Å². The molecule has 3 N–H and O–H groups in total. The first kappa shape index (κ1) is 20.9. The Labute approximate surface area is 156 Å². The molecule has 0 aromatic carbocycles. The van der Waals surface area contributed by atoms with Gasteiger partial charge in [0.1, 0.15) is 11.9 Å². The van der Waals surface area contributed by atoms with Crippen molar-refractivity contribution in [1.29, 1.82) is 0 Å². The number of carbonyl (C=O) groups excluding carboxylic acids is 1. The van der Waals surface area contributed by atoms with E-state index in [1.807, 2.05) is 6.08 Å². The monoisotopic (exact) mass is 364 g/mol. The molecule has 0 unspecified atom stereocenters. The summed E-state index contributed by atoms with van der Waals surface area (Å²) in [6.45, 7) is 7.91. The summed E-state index contributed by atoms with van der Waals surface area (Å²) in [5, 5.41) is 30.5. The molecule has 1 aliphatic heterocycles. The molecule has 1 aliphatic carbocycles. The van der Waals surface area contributed by atoms with E-state index < -0.39 is 17.8 Å². The van der Waals surface area contributed by atoms with Crippen molar-refractivity contribution >= 4 is 5.78 Å². The molecule has 1 heterocycles. The lowest BCUT2D eigenvalue weighted by Gasteiger charge is -2.27. The summed E-state index contributed by atoms with van der Waals surface area (Å²) >= 11 is 0. The summed E-state index contributed by atoms with van der Waals surface area (Å²) < 4.78 is 5.99. The van der Waals surface area contributed by atoms with Crippen LogP contribution in [-0.4, -0.2) is 45.0 Å². The molecule has 0 saturated carbocycles. The highest BCUT2D eigenvalue weighted by atomic mass is 16.5. The van der Waals surface area contributed by atoms with E-state index in [-0.39, 0.29) is 42.5 Å². The van der Waals surface area contributed by atoms with E-state index in [4.69, 9.17) is 4.74 Å². The molecule has 1 fully saturated rings. The number of Topliss-reactive ketones (excluding diaryl/α,β-unsaturated/α-hetero) is 1. The molecule has 0 radical (unpaired) electrons. The molecule has 26 heavy (non-hydrogen) atoms. The van der Waals surface area contributed by atoms with E-state index >= 15 is 0 Å². The number of ketones is 1. The third-order valence-corrected chi connectivity index (χ3v) is 5.20. The standard InChI is InChI=1S/C21H32O5/c1-13(2)6-5-7-14(3)10-15-12-21(4,25)19(26-15)11-16-17(22)8-9-18(23)20(16)24/h6,10,15,18-19,23-25H,5,7-9,11-12H2,1-4H3/t15-,18-,19+,21-/m0/s1. The van der Waals surface area contributed by atoms with Gasteiger partial charge in [-0.1, -0.05) is 23.3 Å². The van der Waals surface area contributed by atoms with Gasteiger partial charge in [0.2, 0.25) is 0 Å². The van der Waals surface area contributed by atoms with Crippen LogP contribution in [0.3, 0.4) is 0 Å². The minimum absolute atomic E-state index is 0.121. The van der Waals surface area contributed by atoms with Gasteiger partial charge < -0.3 is 20.1 Å². The number of ether oxygens (including phenoxy) is 1. The second-order valence-corrected chi connectivity index (χ2v) is 8.10. The molecule has 5 nitrogen and oxygen atoms in total. The number of aliphatic hydroxyl groups excluding tert-OH is 2. The third kappa shape index (κ3) is 5.29. The number of rotatable bonds is 6. The summed E-state index contributed by atoms with van der Waals surface area (Å²) in [5.41, 5.74) is 1.61. The van der Waals surface area contributed by atoms with Gasteiger partial charge in [-0.15, -0.1) is 0 Å². The van der Waals surface area contributed by atoms with E-state index in [0.29, 0.717) is 6.42 Å². The average molecular weight is 364 g/mol. The van der Waals surface area contributed by atoms with Crippen molar-refractivity contribution < 1.29 is 24.9 Å². The molecular formula is C21H32O5. The first-order chi connectivity index (χ1) is 12.1. The van der Waals surface area contributed by atoms with Crippen molar-refractivity contribution in [2.75, 3.05) is 0 Å². The second kappa shape index (κ2) is 8.51. The molecule has 0 aromatic heterocycles. The van der Waals surface area contributed by atoms with Crippen molar-refractivity contribution in [3.05, 3.63) is 34.6 Å². The van der Waals surface area contributed by atoms with Crippen LogP contribution in [0.25, 0.3) is 0 Å². The van der Waals surface area contributed by atoms with Gasteiger partial charge in [-0.05, 0) is 47.0 Å². The van der Waals surface area contributed by atoms with Crippen LogP contribution in [0.5, 0.6) is 0 Å². The Morgan fingerprint density at radius 1 is 1.35 bits per heavy atom. The Bertz CT molecular complexity index is 622. The Morgan fingerprint density at radius 2 is 2.04 bits per heavy atom. The summed E-state index contributed by atoms with van der Waals surface area (Å²) in [6, 6.07) is 0. The van der Waals surface area contributed by atoms with Crippen LogP contribution in [0.2, 0.25) is 0 Å². The molecule has 2 aliphatic rings. The fourth-order valence-electron chi connectivity index (χ4n) is 3.60. The number of allylic oxidation sites excluding steroid dienone is 3. The highest BCUT2D eigenvalue weighted by Crippen LogP contribution is 2.37. The quantitative estimate of drug-likeness (QED) is 0.628. The summed E-state index contributed by atoms with van der Waals surface area (Å²) in [7, 11) is 0. The van der Waals surface area contributed by atoms with Gasteiger partial charge >= 0.3 is 0 Å². The molecule has 0 bridgehead atoms. The zero-order chi connectivity index (χ0) is 19.5. The van der Waals surface area contributed by atoms with Crippen LogP contribution in [0.4, 0.5) is 0 Å². The molecule has 2 rings (SSSR count). The van der Waals surface area contributed by atoms with Crippen LogP contribution in [0.15, 0.2) is 34.6 Å². The molecule has 146 valence electrons. The van der Waals surface area contributed by atoms with Crippen LogP contribution in [-0.2, 0) is 9.53 Å². The van der Waals surface area contributed by atoms with Crippen LogP contribution >= 0.6 is 0 Å². The van der Waals surface area contributed by atoms with Crippen LogP contribution in [0, 0.1) is 0 Å². The van der Waals surface area contributed by atoms with E-state index in [9.17, 15) is 20.1 Å². The molecular weight excluding hydrogens is 332 g/mol. The van der Waals surface area contributed by atoms with Gasteiger partial charge in [0.05, 0.1) is 17.8 Å². The van der Waals surface area contributed by atoms with Crippen molar-refractivity contribution in [2.45, 2.75) is 90.1 Å². The SMILES string of the molecule is CC(C)=CCCC(C)=C[C@H]1C[C@](C)(O)[C@@H](CC2=C(O)[C@@H](O)CCC2=O)O1. The number of hydrogen-bond acceptors (Lipinski definition) is 5. The van der Waals surface area contributed by atoms with Gasteiger partial charge in [-0.25, -0.2) is 0 Å². The molecule has 0 aromatic rings. The fourth-order valence-corrected chi connectivity index (χ4v) is 3.60. The van der Waals surface area contributed by atoms with Crippen molar-refractivity contribution in [3.8, 4) is 0 Å². The highest BCUT2D eigenvalue weighted by molar-refractivity contribution is 5.96. The summed E-state index contributed by atoms with van der Waals surface area (Å²) in [5.74, 6) is -0.443. The molecule has 0 amide bonds. The molecule has 5 heteroatoms. The van der Waals surface area contributed by atoms with E-state index in [2.05, 4.69) is 26.8 Å². The smallest absolute Gasteiger partial charge is 0.162 e. The van der Waals surface area contributed by atoms with Crippen molar-refractivity contribution in [2.24, 2.45) is 0 Å². The maximum Gasteiger partial charge on any atom is 0.162 e. The lowest BCUT2D eigenvalue weighted by molar-refractivity contribution is -0.118. The number of hydrogen-bond donors (Lipinski definition) is 3. The lowest BCUT2D eigenvalue weighted by Crippen LogP contribution is -2.36. The minimum Gasteiger partial charge on any atom is -0.509 e. The second-order valence-electron chi connectivity index (χ2n) is 8.10. The Morgan fingerprint density at radius 3 is 2.69 bits per heavy atom. The van der Waals surface area contributed by atoms with E-state index in [0.717, 1.165) is 12.8 Å². The first-order valence-electron chi connectivity index (χ1n) is 9.42. The zero-order valence-corrected chi connectivity index (χ0v) is 16.3. The number of aliphatic hydroxyl groups is 3. The zero-order valence-electron chi connectivity index (χ0n) is 16.3. The van der Waals surface area contributed by atoms with Gasteiger partial charge in [0, 0.05) is 24.8 Å². The average Bonchev–Trinajstić information content (AvgIpc) is 2.80. The Hall–Kier alpha value is -1.43. The largest absolute Gasteiger partial charge is 0.509 e. The fraction of sp³-hybridized carbons (Fsp3) is 0.667. The topological polar surface area (TPSA) is 87.0 Å². The molecule has 4 atom stereocenters. The van der Waals surface area contributed by atoms with E-state index in [1.165, 1.54) is 11.1 Å². The summed E-state index contributed by atoms with van der Waals surface area (Å²) in [4.78, 5) is 12.1. The van der Waals surface area contributed by atoms with E-state index in [1.54, 1.807) is 6.92 Å². The highest BCUT2D eigenvalue weighted by Gasteiger charge is 2.44. The normalized spacial score (nSPS) is 32.9. The summed E-state index contributed by atoms with van der Waals surface area (Å²) in [6.07, 6.45) is 5.38. The van der Waals surface area contributed by atoms with Crippen molar-refractivity contribution in [1.82, 2.24) is 0 Å². The lowest BCUT2D eigenvalue weighted by atomic mass is 9.85.